The smallest absolute Gasteiger partial charge is 0.236 e. The number of hydrogen-bond donors (Lipinski definition) is 1. The molecule has 0 radical (unpaired) electrons. The maximum atomic E-state index is 11.5. The highest BCUT2D eigenvalue weighted by Crippen LogP contribution is 2.33. The number of amides is 1. The molecule has 3 nitrogen and oxygen atoms in total. The van der Waals surface area contributed by atoms with Crippen LogP contribution in [0.1, 0.15) is 19.3 Å². The van der Waals surface area contributed by atoms with Gasteiger partial charge in [-0.1, -0.05) is 15.9 Å². The van der Waals surface area contributed by atoms with Gasteiger partial charge in [-0.25, -0.2) is 0 Å². The van der Waals surface area contributed by atoms with Gasteiger partial charge in [0.2, 0.25) is 5.91 Å². The Morgan fingerprint density at radius 2 is 2.23 bits per heavy atom. The molecule has 2 fully saturated rings. The monoisotopic (exact) mass is 247 g/mol. The van der Waals surface area contributed by atoms with E-state index in [0.717, 1.165) is 25.8 Å². The summed E-state index contributed by atoms with van der Waals surface area (Å²) in [5.41, 5.74) is 0. The van der Waals surface area contributed by atoms with Gasteiger partial charge in [0.1, 0.15) is 0 Å². The molecule has 4 heteroatoms. The van der Waals surface area contributed by atoms with Crippen LogP contribution in [-0.4, -0.2) is 39.9 Å². The molecule has 0 aromatic rings. The summed E-state index contributed by atoms with van der Waals surface area (Å²) in [5, 5.41) is 9.64. The van der Waals surface area contributed by atoms with E-state index in [2.05, 4.69) is 15.9 Å². The van der Waals surface area contributed by atoms with Crippen LogP contribution in [0.15, 0.2) is 0 Å². The van der Waals surface area contributed by atoms with Gasteiger partial charge < -0.3 is 10.0 Å². The first kappa shape index (κ1) is 9.46. The Morgan fingerprint density at radius 3 is 2.69 bits per heavy atom. The molecule has 0 spiro atoms. The van der Waals surface area contributed by atoms with E-state index < -0.39 is 0 Å². The number of hydrogen-bond acceptors (Lipinski definition) is 2. The Hall–Kier alpha value is -0.0900. The number of aliphatic hydroxyl groups excluding tert-OH is 1. The molecule has 0 aromatic heterocycles. The van der Waals surface area contributed by atoms with Crippen LogP contribution in [0.25, 0.3) is 0 Å². The lowest BCUT2D eigenvalue weighted by Crippen LogP contribution is -2.35. The zero-order valence-electron chi connectivity index (χ0n) is 7.45. The summed E-state index contributed by atoms with van der Waals surface area (Å²) in [6.45, 7) is 1.32. The number of rotatable bonds is 3. The lowest BCUT2D eigenvalue weighted by Gasteiger charge is -2.19. The number of likely N-dealkylation sites (tertiary alicyclic amines) is 1. The zero-order chi connectivity index (χ0) is 9.42. The van der Waals surface area contributed by atoms with Crippen molar-refractivity contribution in [2.75, 3.05) is 13.1 Å². The Morgan fingerprint density at radius 1 is 1.54 bits per heavy atom. The molecular formula is C9H14BrNO2. The predicted molar refractivity (Wildman–Crippen MR) is 52.6 cm³/mol. The molecule has 1 heterocycles. The quantitative estimate of drug-likeness (QED) is 0.749. The minimum Gasteiger partial charge on any atom is -0.391 e. The zero-order valence-corrected chi connectivity index (χ0v) is 9.03. The van der Waals surface area contributed by atoms with Crippen molar-refractivity contribution in [3.63, 3.8) is 0 Å². The number of aliphatic hydroxyl groups is 1. The number of carbonyl (C=O) groups excluding carboxylic acids is 1. The summed E-state index contributed by atoms with van der Waals surface area (Å²) in [6.07, 6.45) is 2.83. The number of halogens is 1. The molecule has 1 N–H and O–H groups in total. The molecule has 2 unspecified atom stereocenters. The van der Waals surface area contributed by atoms with Crippen molar-refractivity contribution in [1.82, 2.24) is 4.90 Å². The number of nitrogens with zero attached hydrogens (tertiary/aromatic N) is 1. The number of β-amino-alcohol motifs (C(OH)–C–C–N with tert-alkyl or cyclic N) is 1. The largest absolute Gasteiger partial charge is 0.391 e. The summed E-state index contributed by atoms with van der Waals surface area (Å²) >= 11 is 3.31. The van der Waals surface area contributed by atoms with Crippen LogP contribution in [0, 0.1) is 5.92 Å². The molecular weight excluding hydrogens is 234 g/mol. The average molecular weight is 248 g/mol. The highest BCUT2D eigenvalue weighted by molar-refractivity contribution is 9.10. The summed E-state index contributed by atoms with van der Waals surface area (Å²) in [7, 11) is 0. The second-order valence-corrected chi connectivity index (χ2v) is 5.05. The molecule has 1 saturated carbocycles. The number of carbonyl (C=O) groups is 1. The Bertz CT molecular complexity index is 218. The highest BCUT2D eigenvalue weighted by Gasteiger charge is 2.35. The molecule has 74 valence electrons. The van der Waals surface area contributed by atoms with E-state index in [9.17, 15) is 9.90 Å². The third-order valence-electron chi connectivity index (χ3n) is 2.81. The van der Waals surface area contributed by atoms with E-state index in [1.807, 2.05) is 0 Å². The standard InChI is InChI=1S/C9H14BrNO2/c10-7-3-4-11(9(7)13)5-8(12)6-1-2-6/h6-8,12H,1-5H2. The molecule has 2 atom stereocenters. The lowest BCUT2D eigenvalue weighted by atomic mass is 10.2. The van der Waals surface area contributed by atoms with Gasteiger partial charge in [-0.3, -0.25) is 4.79 Å². The van der Waals surface area contributed by atoms with E-state index >= 15 is 0 Å². The van der Waals surface area contributed by atoms with Gasteiger partial charge in [-0.2, -0.15) is 0 Å². The fraction of sp³-hybridized carbons (Fsp3) is 0.889. The van der Waals surface area contributed by atoms with Gasteiger partial charge >= 0.3 is 0 Å². The van der Waals surface area contributed by atoms with Gasteiger partial charge in [0.05, 0.1) is 10.9 Å². The van der Waals surface area contributed by atoms with Crippen LogP contribution < -0.4 is 0 Å². The van der Waals surface area contributed by atoms with Crippen molar-refractivity contribution in [3.05, 3.63) is 0 Å². The van der Waals surface area contributed by atoms with Gasteiger partial charge in [0, 0.05) is 13.1 Å². The topological polar surface area (TPSA) is 40.5 Å². The first-order valence-electron chi connectivity index (χ1n) is 4.79. The molecule has 1 saturated heterocycles. The summed E-state index contributed by atoms with van der Waals surface area (Å²) in [4.78, 5) is 13.2. The molecule has 0 bridgehead atoms. The molecule has 13 heavy (non-hydrogen) atoms. The molecule has 2 aliphatic rings. The first-order chi connectivity index (χ1) is 6.18. The fourth-order valence-electron chi connectivity index (χ4n) is 1.74. The van der Waals surface area contributed by atoms with E-state index in [-0.39, 0.29) is 16.8 Å². The minimum atomic E-state index is -0.290. The third-order valence-corrected chi connectivity index (χ3v) is 3.66. The Kier molecular flexibility index (Phi) is 2.60. The highest BCUT2D eigenvalue weighted by atomic mass is 79.9. The van der Waals surface area contributed by atoms with Gasteiger partial charge in [0.25, 0.3) is 0 Å². The lowest BCUT2D eigenvalue weighted by molar-refractivity contribution is -0.128. The van der Waals surface area contributed by atoms with Crippen molar-refractivity contribution >= 4 is 21.8 Å². The van der Waals surface area contributed by atoms with E-state index in [0.29, 0.717) is 12.5 Å². The summed E-state index contributed by atoms with van der Waals surface area (Å²) < 4.78 is 0. The first-order valence-corrected chi connectivity index (χ1v) is 5.71. The molecule has 1 aliphatic carbocycles. The van der Waals surface area contributed by atoms with Crippen LogP contribution in [0.4, 0.5) is 0 Å². The predicted octanol–water partition coefficient (Wildman–Crippen LogP) is 0.753. The minimum absolute atomic E-state index is 0.0149. The van der Waals surface area contributed by atoms with E-state index in [1.54, 1.807) is 4.90 Å². The average Bonchev–Trinajstić information content (AvgIpc) is 2.89. The molecule has 0 aromatic carbocycles. The fourth-order valence-corrected chi connectivity index (χ4v) is 2.23. The van der Waals surface area contributed by atoms with E-state index in [1.165, 1.54) is 0 Å². The second-order valence-electron chi connectivity index (χ2n) is 3.95. The number of alkyl halides is 1. The molecule has 1 aliphatic heterocycles. The SMILES string of the molecule is O=C1C(Br)CCN1CC(O)C1CC1. The van der Waals surface area contributed by atoms with Gasteiger partial charge in [0.15, 0.2) is 0 Å². The Labute approximate surface area is 86.2 Å². The van der Waals surface area contributed by atoms with Crippen molar-refractivity contribution in [2.45, 2.75) is 30.2 Å². The van der Waals surface area contributed by atoms with Crippen molar-refractivity contribution in [1.29, 1.82) is 0 Å². The Balaban J connectivity index is 1.84. The molecule has 2 rings (SSSR count). The van der Waals surface area contributed by atoms with Crippen LogP contribution in [0.5, 0.6) is 0 Å². The normalized spacial score (nSPS) is 31.1. The van der Waals surface area contributed by atoms with Gasteiger partial charge in [-0.05, 0) is 25.2 Å². The molecule has 1 amide bonds. The maximum absolute atomic E-state index is 11.5. The second kappa shape index (κ2) is 3.58. The van der Waals surface area contributed by atoms with Crippen LogP contribution >= 0.6 is 15.9 Å². The van der Waals surface area contributed by atoms with Crippen molar-refractivity contribution in [2.24, 2.45) is 5.92 Å². The van der Waals surface area contributed by atoms with Crippen LogP contribution in [0.3, 0.4) is 0 Å². The van der Waals surface area contributed by atoms with Crippen molar-refractivity contribution in [3.8, 4) is 0 Å². The van der Waals surface area contributed by atoms with Crippen LogP contribution in [0.2, 0.25) is 0 Å². The third kappa shape index (κ3) is 2.05. The van der Waals surface area contributed by atoms with Crippen LogP contribution in [-0.2, 0) is 4.79 Å². The maximum Gasteiger partial charge on any atom is 0.236 e. The summed E-state index contributed by atoms with van der Waals surface area (Å²) in [6, 6.07) is 0. The van der Waals surface area contributed by atoms with Gasteiger partial charge in [-0.15, -0.1) is 0 Å². The summed E-state index contributed by atoms with van der Waals surface area (Å²) in [5.74, 6) is 0.599. The van der Waals surface area contributed by atoms with E-state index in [4.69, 9.17) is 0 Å². The van der Waals surface area contributed by atoms with Crippen molar-refractivity contribution < 1.29 is 9.90 Å².